The lowest BCUT2D eigenvalue weighted by Crippen LogP contribution is -2.49. The number of rotatable bonds is 8. The molecule has 2 aliphatic carbocycles. The molecule has 2 unspecified atom stereocenters. The van der Waals surface area contributed by atoms with Crippen molar-refractivity contribution in [2.24, 2.45) is 23.5 Å². The molecule has 2 N–H and O–H groups in total. The van der Waals surface area contributed by atoms with Crippen LogP contribution in [0.25, 0.3) is 22.6 Å². The number of imidazole rings is 1. The van der Waals surface area contributed by atoms with E-state index in [1.54, 1.807) is 13.3 Å². The van der Waals surface area contributed by atoms with Gasteiger partial charge in [0.2, 0.25) is 5.82 Å². The van der Waals surface area contributed by atoms with Gasteiger partial charge in [0.1, 0.15) is 23.2 Å². The van der Waals surface area contributed by atoms with Crippen molar-refractivity contribution in [1.29, 1.82) is 5.26 Å². The van der Waals surface area contributed by atoms with Crippen LogP contribution in [-0.4, -0.2) is 73.7 Å². The Hall–Kier alpha value is -4.43. The molecule has 2 saturated heterocycles. The first kappa shape index (κ1) is 26.2. The Kier molecular flexibility index (Phi) is 6.15. The number of amides is 1. The van der Waals surface area contributed by atoms with Gasteiger partial charge in [0.25, 0.3) is 5.91 Å². The molecule has 43 heavy (non-hydrogen) atoms. The molecule has 220 valence electrons. The van der Waals surface area contributed by atoms with Crippen molar-refractivity contribution >= 4 is 22.8 Å². The van der Waals surface area contributed by atoms with E-state index in [9.17, 15) is 10.1 Å². The smallest absolute Gasteiger partial charge is 0.254 e. The summed E-state index contributed by atoms with van der Waals surface area (Å²) in [6.07, 6.45) is 8.38. The van der Waals surface area contributed by atoms with Crippen LogP contribution < -0.4 is 15.4 Å². The molecular formula is C32H35N9O2. The van der Waals surface area contributed by atoms with Crippen LogP contribution in [0.2, 0.25) is 0 Å². The largest absolute Gasteiger partial charge is 0.494 e. The van der Waals surface area contributed by atoms with Crippen LogP contribution in [0, 0.1) is 29.1 Å². The van der Waals surface area contributed by atoms with Crippen LogP contribution in [0.4, 0.5) is 5.82 Å². The van der Waals surface area contributed by atoms with Crippen molar-refractivity contribution in [2.75, 3.05) is 31.6 Å². The number of ether oxygens (including phenoxy) is 1. The van der Waals surface area contributed by atoms with Gasteiger partial charge in [-0.3, -0.25) is 4.79 Å². The molecule has 8 rings (SSSR count). The Morgan fingerprint density at radius 2 is 1.95 bits per heavy atom. The van der Waals surface area contributed by atoms with Crippen LogP contribution in [0.15, 0.2) is 42.7 Å². The van der Waals surface area contributed by atoms with Gasteiger partial charge < -0.3 is 29.4 Å². The standard InChI is InChI=1S/C32H35N9O2/c1-43-26-12-22(32(42)40-18-21-6-7-24(40)29(21)34)11-23-30(26)41(31(36-23)25-3-2-10-38(25)14-19-4-5-19)17-20-15-39(16-20)28-8-9-35-27(13-33)37-28/h2-3,8-12,19-21,24,29H,4-7,14-18,34H2,1H3/t21?,24?,29-/m1/s1. The molecule has 3 atom stereocenters. The minimum absolute atomic E-state index is 0.00674. The fraction of sp³-hybridized carbons (Fsp3) is 0.469. The molecule has 3 aromatic heterocycles. The Balaban J connectivity index is 1.15. The van der Waals surface area contributed by atoms with Crippen LogP contribution >= 0.6 is 0 Å². The molecule has 2 aliphatic heterocycles. The first-order valence-electron chi connectivity index (χ1n) is 15.3. The third-order valence-electron chi connectivity index (χ3n) is 9.86. The zero-order chi connectivity index (χ0) is 29.2. The molecule has 0 radical (unpaired) electrons. The average molecular weight is 578 g/mol. The minimum atomic E-state index is 0.00674. The first-order valence-corrected chi connectivity index (χ1v) is 15.3. The second-order valence-electron chi connectivity index (χ2n) is 12.6. The number of hydrogen-bond donors (Lipinski definition) is 1. The number of anilines is 1. The number of methoxy groups -OCH3 is 1. The van der Waals surface area contributed by atoms with E-state index < -0.39 is 0 Å². The van der Waals surface area contributed by atoms with Gasteiger partial charge >= 0.3 is 0 Å². The van der Waals surface area contributed by atoms with Gasteiger partial charge in [0, 0.05) is 68.7 Å². The quantitative estimate of drug-likeness (QED) is 0.338. The predicted octanol–water partition coefficient (Wildman–Crippen LogP) is 3.28. The fourth-order valence-electron chi connectivity index (χ4n) is 7.39. The van der Waals surface area contributed by atoms with Crippen LogP contribution in [-0.2, 0) is 13.1 Å². The number of nitriles is 1. The van der Waals surface area contributed by atoms with Gasteiger partial charge in [-0.05, 0) is 67.9 Å². The Labute approximate surface area is 249 Å². The van der Waals surface area contributed by atoms with Crippen LogP contribution in [0.1, 0.15) is 41.9 Å². The van der Waals surface area contributed by atoms with Crippen molar-refractivity contribution in [3.8, 4) is 23.3 Å². The molecule has 4 fully saturated rings. The number of hydrogen-bond acceptors (Lipinski definition) is 8. The van der Waals surface area contributed by atoms with E-state index in [0.29, 0.717) is 23.1 Å². The van der Waals surface area contributed by atoms with Gasteiger partial charge in [-0.15, -0.1) is 0 Å². The van der Waals surface area contributed by atoms with Gasteiger partial charge in [0.15, 0.2) is 5.82 Å². The summed E-state index contributed by atoms with van der Waals surface area (Å²) < 4.78 is 10.6. The third kappa shape index (κ3) is 4.43. The maximum atomic E-state index is 13.8. The second kappa shape index (κ2) is 10.1. The topological polar surface area (TPSA) is 131 Å². The lowest BCUT2D eigenvalue weighted by molar-refractivity contribution is 0.0700. The molecule has 5 heterocycles. The fourth-order valence-corrected chi connectivity index (χ4v) is 7.39. The van der Waals surface area contributed by atoms with Crippen molar-refractivity contribution in [3.63, 3.8) is 0 Å². The summed E-state index contributed by atoms with van der Waals surface area (Å²) in [5.74, 6) is 3.95. The number of fused-ring (bicyclic) bond motifs is 3. The summed E-state index contributed by atoms with van der Waals surface area (Å²) in [4.78, 5) is 31.5. The molecule has 4 aliphatic rings. The van der Waals surface area contributed by atoms with E-state index in [4.69, 9.17) is 15.5 Å². The van der Waals surface area contributed by atoms with Crippen molar-refractivity contribution in [2.45, 2.75) is 50.9 Å². The summed E-state index contributed by atoms with van der Waals surface area (Å²) >= 11 is 0. The lowest BCUT2D eigenvalue weighted by atomic mass is 9.99. The first-order chi connectivity index (χ1) is 21.0. The molecule has 2 saturated carbocycles. The molecule has 4 aromatic rings. The van der Waals surface area contributed by atoms with Gasteiger partial charge in [0.05, 0.1) is 18.3 Å². The number of nitrogens with two attached hydrogens (primary N) is 1. The number of piperidine rings is 1. The monoisotopic (exact) mass is 577 g/mol. The lowest BCUT2D eigenvalue weighted by Gasteiger charge is -2.40. The van der Waals surface area contributed by atoms with E-state index in [1.165, 1.54) is 12.8 Å². The Morgan fingerprint density at radius 1 is 1.09 bits per heavy atom. The highest BCUT2D eigenvalue weighted by Gasteiger charge is 2.47. The van der Waals surface area contributed by atoms with E-state index in [2.05, 4.69) is 42.3 Å². The second-order valence-corrected chi connectivity index (χ2v) is 12.6. The van der Waals surface area contributed by atoms with Gasteiger partial charge in [-0.25, -0.2) is 15.0 Å². The number of benzene rings is 1. The highest BCUT2D eigenvalue weighted by Crippen LogP contribution is 2.40. The third-order valence-corrected chi connectivity index (χ3v) is 9.86. The van der Waals surface area contributed by atoms with E-state index >= 15 is 0 Å². The number of likely N-dealkylation sites (tertiary alicyclic amines) is 1. The van der Waals surface area contributed by atoms with E-state index in [0.717, 1.165) is 79.9 Å². The number of carbonyl (C=O) groups excluding carboxylic acids is 1. The molecule has 11 nitrogen and oxygen atoms in total. The molecule has 1 aromatic carbocycles. The van der Waals surface area contributed by atoms with Crippen molar-refractivity contribution in [3.05, 3.63) is 54.1 Å². The molecule has 1 amide bonds. The summed E-state index contributed by atoms with van der Waals surface area (Å²) in [5, 5.41) is 9.22. The molecule has 11 heteroatoms. The molecule has 0 spiro atoms. The molecule has 2 bridgehead atoms. The van der Waals surface area contributed by atoms with Gasteiger partial charge in [-0.1, -0.05) is 0 Å². The maximum Gasteiger partial charge on any atom is 0.254 e. The van der Waals surface area contributed by atoms with Crippen LogP contribution in [0.3, 0.4) is 0 Å². The summed E-state index contributed by atoms with van der Waals surface area (Å²) in [6, 6.07) is 12.1. The van der Waals surface area contributed by atoms with E-state index in [-0.39, 0.29) is 23.8 Å². The van der Waals surface area contributed by atoms with Gasteiger partial charge in [-0.2, -0.15) is 5.26 Å². The summed E-state index contributed by atoms with van der Waals surface area (Å²) in [6.45, 7) is 4.05. The maximum absolute atomic E-state index is 13.8. The van der Waals surface area contributed by atoms with Crippen LogP contribution in [0.5, 0.6) is 5.75 Å². The predicted molar refractivity (Wildman–Crippen MR) is 160 cm³/mol. The zero-order valence-corrected chi connectivity index (χ0v) is 24.3. The minimum Gasteiger partial charge on any atom is -0.494 e. The van der Waals surface area contributed by atoms with Crippen molar-refractivity contribution in [1.82, 2.24) is 29.0 Å². The summed E-state index contributed by atoms with van der Waals surface area (Å²) in [5.41, 5.74) is 9.77. The number of carbonyl (C=O) groups is 1. The molecular weight excluding hydrogens is 542 g/mol. The normalized spacial score (nSPS) is 23.1. The SMILES string of the molecule is COc1cc(C(=O)N2CC3CCC2[C@@H]3N)cc2nc(-c3cccn3CC3CC3)n(CC3CN(c4ccnc(C#N)n4)C3)c12. The highest BCUT2D eigenvalue weighted by molar-refractivity contribution is 6.00. The Bertz CT molecular complexity index is 1760. The zero-order valence-electron chi connectivity index (χ0n) is 24.3. The summed E-state index contributed by atoms with van der Waals surface area (Å²) in [7, 11) is 1.66. The Morgan fingerprint density at radius 3 is 2.67 bits per heavy atom. The van der Waals surface area contributed by atoms with Crippen molar-refractivity contribution < 1.29 is 9.53 Å². The highest BCUT2D eigenvalue weighted by atomic mass is 16.5. The average Bonchev–Trinajstić information content (AvgIpc) is 3.28. The van der Waals surface area contributed by atoms with E-state index in [1.807, 2.05) is 29.2 Å². The number of aromatic nitrogens is 5. The number of nitrogens with zero attached hydrogens (tertiary/aromatic N) is 8.